The summed E-state index contributed by atoms with van der Waals surface area (Å²) in [5, 5.41) is 11.9. The number of hydrogen-bond donors (Lipinski definition) is 2. The second-order valence-corrected chi connectivity index (χ2v) is 4.32. The van der Waals surface area contributed by atoms with Gasteiger partial charge in [-0.25, -0.2) is 14.4 Å². The molecule has 0 saturated heterocycles. The van der Waals surface area contributed by atoms with Gasteiger partial charge in [-0.1, -0.05) is 11.6 Å². The maximum absolute atomic E-state index is 13.5. The predicted molar refractivity (Wildman–Crippen MR) is 74.6 cm³/mol. The molecule has 2 aromatic rings. The van der Waals surface area contributed by atoms with Crippen LogP contribution in [0.2, 0.25) is 5.02 Å². The van der Waals surface area contributed by atoms with Gasteiger partial charge in [-0.15, -0.1) is 0 Å². The number of benzene rings is 1. The first-order valence-corrected chi connectivity index (χ1v) is 6.24. The highest BCUT2D eigenvalue weighted by Gasteiger charge is 2.13. The van der Waals surface area contributed by atoms with Crippen LogP contribution in [-0.2, 0) is 0 Å². The monoisotopic (exact) mass is 297 g/mol. The van der Waals surface area contributed by atoms with Gasteiger partial charge < -0.3 is 15.2 Å². The smallest absolute Gasteiger partial charge is 0.183 e. The molecule has 0 unspecified atom stereocenters. The number of aromatic nitrogens is 2. The van der Waals surface area contributed by atoms with Gasteiger partial charge in [0, 0.05) is 11.6 Å². The molecule has 0 aliphatic carbocycles. The van der Waals surface area contributed by atoms with Gasteiger partial charge in [-0.05, 0) is 18.2 Å². The number of halogens is 2. The summed E-state index contributed by atoms with van der Waals surface area (Å²) in [6.07, 6.45) is 1.06. The summed E-state index contributed by atoms with van der Waals surface area (Å²) in [5.41, 5.74) is 0.562. The van der Waals surface area contributed by atoms with Gasteiger partial charge in [0.2, 0.25) is 0 Å². The third kappa shape index (κ3) is 3.15. The second kappa shape index (κ2) is 6.49. The molecule has 0 fully saturated rings. The predicted octanol–water partition coefficient (Wildman–Crippen LogP) is 2.35. The van der Waals surface area contributed by atoms with Gasteiger partial charge in [0.15, 0.2) is 17.5 Å². The molecular weight excluding hydrogens is 285 g/mol. The molecule has 0 bridgehead atoms. The average Bonchev–Trinajstić information content (AvgIpc) is 2.46. The lowest BCUT2D eigenvalue weighted by molar-refractivity contribution is 0.310. The summed E-state index contributed by atoms with van der Waals surface area (Å²) in [7, 11) is 1.52. The molecule has 1 aromatic carbocycles. The molecule has 2 N–H and O–H groups in total. The van der Waals surface area contributed by atoms with Crippen LogP contribution >= 0.6 is 11.6 Å². The Kier molecular flexibility index (Phi) is 4.70. The van der Waals surface area contributed by atoms with Crippen LogP contribution in [0.4, 0.5) is 10.2 Å². The van der Waals surface area contributed by atoms with Crippen LogP contribution in [-0.4, -0.2) is 35.3 Å². The Morgan fingerprint density at radius 3 is 2.95 bits per heavy atom. The molecule has 7 heteroatoms. The summed E-state index contributed by atoms with van der Waals surface area (Å²) >= 11 is 5.94. The number of ether oxygens (including phenoxy) is 1. The van der Waals surface area contributed by atoms with E-state index in [0.29, 0.717) is 16.3 Å². The van der Waals surface area contributed by atoms with Crippen LogP contribution in [0.3, 0.4) is 0 Å². The molecule has 20 heavy (non-hydrogen) atoms. The van der Waals surface area contributed by atoms with Gasteiger partial charge in [-0.2, -0.15) is 0 Å². The Labute approximate surface area is 120 Å². The fourth-order valence-electron chi connectivity index (χ4n) is 1.65. The highest BCUT2D eigenvalue weighted by atomic mass is 35.5. The summed E-state index contributed by atoms with van der Waals surface area (Å²) in [6, 6.07) is 5.01. The van der Waals surface area contributed by atoms with Crippen molar-refractivity contribution >= 4 is 17.4 Å². The zero-order valence-electron chi connectivity index (χ0n) is 10.7. The Morgan fingerprint density at radius 2 is 2.25 bits per heavy atom. The van der Waals surface area contributed by atoms with Crippen molar-refractivity contribution in [1.82, 2.24) is 9.97 Å². The minimum absolute atomic E-state index is 0.0195. The second-order valence-electron chi connectivity index (χ2n) is 3.89. The van der Waals surface area contributed by atoms with Crippen LogP contribution in [0.1, 0.15) is 0 Å². The lowest BCUT2D eigenvalue weighted by Crippen LogP contribution is -2.09. The highest BCUT2D eigenvalue weighted by Crippen LogP contribution is 2.30. The molecule has 0 amide bonds. The quantitative estimate of drug-likeness (QED) is 0.887. The van der Waals surface area contributed by atoms with E-state index in [1.807, 2.05) is 0 Å². The van der Waals surface area contributed by atoms with Crippen LogP contribution in [0.15, 0.2) is 24.4 Å². The fraction of sp³-hybridized carbons (Fsp3) is 0.231. The summed E-state index contributed by atoms with van der Waals surface area (Å²) in [4.78, 5) is 8.02. The normalized spacial score (nSPS) is 10.4. The lowest BCUT2D eigenvalue weighted by atomic mass is 10.2. The number of aliphatic hydroxyl groups excluding tert-OH is 1. The lowest BCUT2D eigenvalue weighted by Gasteiger charge is -2.10. The first kappa shape index (κ1) is 14.5. The van der Waals surface area contributed by atoms with Crippen LogP contribution in [0.5, 0.6) is 5.75 Å². The molecule has 5 nitrogen and oxygen atoms in total. The Bertz CT molecular complexity index is 610. The molecule has 0 saturated carbocycles. The molecule has 106 valence electrons. The minimum Gasteiger partial charge on any atom is -0.496 e. The van der Waals surface area contributed by atoms with Gasteiger partial charge in [0.25, 0.3) is 0 Å². The van der Waals surface area contributed by atoms with Crippen molar-refractivity contribution in [2.45, 2.75) is 0 Å². The summed E-state index contributed by atoms with van der Waals surface area (Å²) < 4.78 is 18.8. The number of aliphatic hydroxyl groups is 1. The van der Waals surface area contributed by atoms with E-state index in [4.69, 9.17) is 21.4 Å². The summed E-state index contributed by atoms with van der Waals surface area (Å²) in [5.74, 6) is 0.245. The number of rotatable bonds is 5. The largest absolute Gasteiger partial charge is 0.496 e. The SMILES string of the molecule is COc1ccc(Cl)cc1-c1ncc(F)c(NCCO)n1. The van der Waals surface area contributed by atoms with Crippen LogP contribution < -0.4 is 10.1 Å². The first-order chi connectivity index (χ1) is 9.65. The fourth-order valence-corrected chi connectivity index (χ4v) is 1.82. The van der Waals surface area contributed by atoms with Gasteiger partial charge in [0.05, 0.1) is 25.5 Å². The van der Waals surface area contributed by atoms with Crippen molar-refractivity contribution < 1.29 is 14.2 Å². The summed E-state index contributed by atoms with van der Waals surface area (Å²) in [6.45, 7) is 0.0688. The van der Waals surface area contributed by atoms with Crippen molar-refractivity contribution in [2.24, 2.45) is 0 Å². The van der Waals surface area contributed by atoms with E-state index in [9.17, 15) is 4.39 Å². The molecule has 0 radical (unpaired) electrons. The molecule has 2 rings (SSSR count). The Morgan fingerprint density at radius 1 is 1.45 bits per heavy atom. The highest BCUT2D eigenvalue weighted by molar-refractivity contribution is 6.30. The molecule has 0 spiro atoms. The third-order valence-corrected chi connectivity index (χ3v) is 2.79. The number of methoxy groups -OCH3 is 1. The van der Waals surface area contributed by atoms with E-state index < -0.39 is 5.82 Å². The maximum atomic E-state index is 13.5. The minimum atomic E-state index is -0.594. The molecule has 0 aliphatic heterocycles. The third-order valence-electron chi connectivity index (χ3n) is 2.55. The van der Waals surface area contributed by atoms with Crippen molar-refractivity contribution in [1.29, 1.82) is 0 Å². The molecule has 0 atom stereocenters. The van der Waals surface area contributed by atoms with E-state index in [0.717, 1.165) is 6.20 Å². The van der Waals surface area contributed by atoms with Gasteiger partial charge >= 0.3 is 0 Å². The Hall–Kier alpha value is -1.92. The van der Waals surface area contributed by atoms with Crippen molar-refractivity contribution in [3.63, 3.8) is 0 Å². The van der Waals surface area contributed by atoms with Gasteiger partial charge in [-0.3, -0.25) is 0 Å². The van der Waals surface area contributed by atoms with E-state index in [2.05, 4.69) is 15.3 Å². The topological polar surface area (TPSA) is 67.3 Å². The first-order valence-electron chi connectivity index (χ1n) is 5.87. The molecule has 1 heterocycles. The van der Waals surface area contributed by atoms with Crippen molar-refractivity contribution in [3.8, 4) is 17.1 Å². The standard InChI is InChI=1S/C13H13ClFN3O2/c1-20-11-3-2-8(14)6-9(11)12-17-7-10(15)13(18-12)16-4-5-19/h2-3,6-7,19H,4-5H2,1H3,(H,16,17,18). The molecule has 0 aliphatic rings. The van der Waals surface area contributed by atoms with Crippen LogP contribution in [0.25, 0.3) is 11.4 Å². The average molecular weight is 298 g/mol. The van der Waals surface area contributed by atoms with Gasteiger partial charge in [0.1, 0.15) is 5.75 Å². The maximum Gasteiger partial charge on any atom is 0.183 e. The zero-order chi connectivity index (χ0) is 14.5. The number of hydrogen-bond acceptors (Lipinski definition) is 5. The number of nitrogens with one attached hydrogen (secondary N) is 1. The zero-order valence-corrected chi connectivity index (χ0v) is 11.5. The molecule has 1 aromatic heterocycles. The van der Waals surface area contributed by atoms with E-state index in [-0.39, 0.29) is 24.8 Å². The van der Waals surface area contributed by atoms with E-state index in [1.54, 1.807) is 18.2 Å². The number of anilines is 1. The van der Waals surface area contributed by atoms with E-state index >= 15 is 0 Å². The molecular formula is C13H13ClFN3O2. The van der Waals surface area contributed by atoms with Crippen molar-refractivity contribution in [2.75, 3.05) is 25.6 Å². The number of nitrogens with zero attached hydrogens (tertiary/aromatic N) is 2. The van der Waals surface area contributed by atoms with Crippen LogP contribution in [0, 0.1) is 5.82 Å². The Balaban J connectivity index is 2.44. The van der Waals surface area contributed by atoms with E-state index in [1.165, 1.54) is 7.11 Å². The van der Waals surface area contributed by atoms with Crippen molar-refractivity contribution in [3.05, 3.63) is 35.2 Å².